The summed E-state index contributed by atoms with van der Waals surface area (Å²) in [5, 5.41) is 2.09. The molecular weight excluding hydrogens is 274 g/mol. The van der Waals surface area contributed by atoms with Crippen molar-refractivity contribution in [1.82, 2.24) is 14.9 Å². The Balaban J connectivity index is 2.68. The standard InChI is InChI=1S/C10H17N3O5S/c1-3-4-7-8(14)12-10(16)13(9(7)15)6-5-11-19(2,17)18/h7,11H,3-6H2,1-2H3,(H,12,14,16). The molecule has 108 valence electrons. The SMILES string of the molecule is CCCC1C(=O)NC(=O)N(CCNS(C)(=O)=O)C1=O. The van der Waals surface area contributed by atoms with Crippen LogP contribution in [0.4, 0.5) is 4.79 Å². The molecule has 0 radical (unpaired) electrons. The van der Waals surface area contributed by atoms with Crippen LogP contribution < -0.4 is 10.0 Å². The number of imide groups is 2. The van der Waals surface area contributed by atoms with Crippen LogP contribution in [0.2, 0.25) is 0 Å². The molecule has 1 heterocycles. The molecule has 1 rings (SSSR count). The van der Waals surface area contributed by atoms with Crippen molar-refractivity contribution in [2.75, 3.05) is 19.3 Å². The third-order valence-corrected chi connectivity index (χ3v) is 3.36. The van der Waals surface area contributed by atoms with Crippen LogP contribution in [0.3, 0.4) is 0 Å². The van der Waals surface area contributed by atoms with Gasteiger partial charge in [-0.3, -0.25) is 19.8 Å². The van der Waals surface area contributed by atoms with Crippen LogP contribution in [0.1, 0.15) is 19.8 Å². The molecule has 0 aliphatic carbocycles. The van der Waals surface area contributed by atoms with Gasteiger partial charge in [-0.05, 0) is 6.42 Å². The summed E-state index contributed by atoms with van der Waals surface area (Å²) in [6.45, 7) is 1.64. The molecule has 4 amide bonds. The van der Waals surface area contributed by atoms with Crippen LogP contribution in [0.15, 0.2) is 0 Å². The molecule has 0 bridgehead atoms. The quantitative estimate of drug-likeness (QED) is 0.611. The van der Waals surface area contributed by atoms with Crippen LogP contribution in [0.5, 0.6) is 0 Å². The van der Waals surface area contributed by atoms with E-state index in [2.05, 4.69) is 10.0 Å². The van der Waals surface area contributed by atoms with Gasteiger partial charge in [0.25, 0.3) is 0 Å². The molecule has 0 spiro atoms. The van der Waals surface area contributed by atoms with Crippen LogP contribution in [-0.4, -0.2) is 50.5 Å². The maximum atomic E-state index is 12.0. The fourth-order valence-corrected chi connectivity index (χ4v) is 2.22. The number of amides is 4. The lowest BCUT2D eigenvalue weighted by molar-refractivity contribution is -0.142. The lowest BCUT2D eigenvalue weighted by Gasteiger charge is -2.29. The lowest BCUT2D eigenvalue weighted by Crippen LogP contribution is -2.59. The molecular formula is C10H17N3O5S. The summed E-state index contributed by atoms with van der Waals surface area (Å²) in [5.74, 6) is -2.05. The van der Waals surface area contributed by atoms with E-state index < -0.39 is 33.8 Å². The van der Waals surface area contributed by atoms with Crippen molar-refractivity contribution in [2.24, 2.45) is 5.92 Å². The molecule has 1 aliphatic heterocycles. The van der Waals surface area contributed by atoms with Gasteiger partial charge in [0.1, 0.15) is 5.92 Å². The number of hydrogen-bond acceptors (Lipinski definition) is 5. The summed E-state index contributed by atoms with van der Waals surface area (Å²) >= 11 is 0. The molecule has 2 N–H and O–H groups in total. The van der Waals surface area contributed by atoms with Crippen molar-refractivity contribution in [3.63, 3.8) is 0 Å². The monoisotopic (exact) mass is 291 g/mol. The van der Waals surface area contributed by atoms with E-state index in [-0.39, 0.29) is 13.1 Å². The molecule has 1 fully saturated rings. The predicted molar refractivity (Wildman–Crippen MR) is 66.5 cm³/mol. The number of urea groups is 1. The van der Waals surface area contributed by atoms with E-state index in [1.54, 1.807) is 0 Å². The van der Waals surface area contributed by atoms with Gasteiger partial charge in [0.05, 0.1) is 6.26 Å². The minimum atomic E-state index is -3.38. The molecule has 9 heteroatoms. The van der Waals surface area contributed by atoms with E-state index in [0.29, 0.717) is 12.8 Å². The first-order valence-corrected chi connectivity index (χ1v) is 7.76. The van der Waals surface area contributed by atoms with Crippen molar-refractivity contribution in [2.45, 2.75) is 19.8 Å². The molecule has 8 nitrogen and oxygen atoms in total. The van der Waals surface area contributed by atoms with Crippen molar-refractivity contribution < 1.29 is 22.8 Å². The molecule has 19 heavy (non-hydrogen) atoms. The second kappa shape index (κ2) is 6.11. The summed E-state index contributed by atoms with van der Waals surface area (Å²) < 4.78 is 24.0. The lowest BCUT2D eigenvalue weighted by atomic mass is 9.99. The molecule has 0 aromatic heterocycles. The van der Waals surface area contributed by atoms with Crippen molar-refractivity contribution in [1.29, 1.82) is 0 Å². The van der Waals surface area contributed by atoms with Crippen LogP contribution in [-0.2, 0) is 19.6 Å². The maximum absolute atomic E-state index is 12.0. The van der Waals surface area contributed by atoms with E-state index in [4.69, 9.17) is 0 Å². The van der Waals surface area contributed by atoms with E-state index >= 15 is 0 Å². The molecule has 1 aliphatic rings. The number of nitrogens with one attached hydrogen (secondary N) is 2. The molecule has 0 aromatic carbocycles. The third kappa shape index (κ3) is 4.28. The first kappa shape index (κ1) is 15.6. The average molecular weight is 291 g/mol. The highest BCUT2D eigenvalue weighted by atomic mass is 32.2. The Morgan fingerprint density at radius 1 is 1.32 bits per heavy atom. The number of barbiturate groups is 1. The Bertz CT molecular complexity index is 487. The average Bonchev–Trinajstić information content (AvgIpc) is 2.27. The van der Waals surface area contributed by atoms with Gasteiger partial charge >= 0.3 is 6.03 Å². The highest BCUT2D eigenvalue weighted by Gasteiger charge is 2.39. The number of sulfonamides is 1. The van der Waals surface area contributed by atoms with Gasteiger partial charge in [0, 0.05) is 13.1 Å². The van der Waals surface area contributed by atoms with Crippen molar-refractivity contribution >= 4 is 27.9 Å². The Labute approximate surface area is 111 Å². The zero-order chi connectivity index (χ0) is 14.6. The van der Waals surface area contributed by atoms with Crippen LogP contribution in [0.25, 0.3) is 0 Å². The number of carbonyl (C=O) groups excluding carboxylic acids is 3. The van der Waals surface area contributed by atoms with Gasteiger partial charge in [-0.25, -0.2) is 17.9 Å². The zero-order valence-corrected chi connectivity index (χ0v) is 11.6. The first-order chi connectivity index (χ1) is 8.76. The normalized spacial score (nSPS) is 20.6. The molecule has 1 unspecified atom stereocenters. The van der Waals surface area contributed by atoms with E-state index in [0.717, 1.165) is 11.2 Å². The highest BCUT2D eigenvalue weighted by Crippen LogP contribution is 2.15. The van der Waals surface area contributed by atoms with Gasteiger partial charge in [-0.1, -0.05) is 13.3 Å². The minimum absolute atomic E-state index is 0.0783. The van der Waals surface area contributed by atoms with Gasteiger partial charge in [0.2, 0.25) is 21.8 Å². The summed E-state index contributed by atoms with van der Waals surface area (Å²) in [7, 11) is -3.38. The summed E-state index contributed by atoms with van der Waals surface area (Å²) in [6, 6.07) is -0.808. The number of hydrogen-bond donors (Lipinski definition) is 2. The summed E-state index contributed by atoms with van der Waals surface area (Å²) in [5.41, 5.74) is 0. The highest BCUT2D eigenvalue weighted by molar-refractivity contribution is 7.88. The number of rotatable bonds is 6. The Morgan fingerprint density at radius 3 is 2.47 bits per heavy atom. The van der Waals surface area contributed by atoms with Crippen LogP contribution in [0, 0.1) is 5.92 Å². The second-order valence-corrected chi connectivity index (χ2v) is 6.13. The predicted octanol–water partition coefficient (Wildman–Crippen LogP) is -0.970. The largest absolute Gasteiger partial charge is 0.330 e. The first-order valence-electron chi connectivity index (χ1n) is 5.87. The van der Waals surface area contributed by atoms with Gasteiger partial charge < -0.3 is 0 Å². The summed E-state index contributed by atoms with van der Waals surface area (Å²) in [4.78, 5) is 35.8. The third-order valence-electron chi connectivity index (χ3n) is 2.63. The fraction of sp³-hybridized carbons (Fsp3) is 0.700. The molecule has 0 aromatic rings. The van der Waals surface area contributed by atoms with Crippen molar-refractivity contribution in [3.8, 4) is 0 Å². The van der Waals surface area contributed by atoms with Gasteiger partial charge in [-0.15, -0.1) is 0 Å². The molecule has 1 saturated heterocycles. The topological polar surface area (TPSA) is 113 Å². The van der Waals surface area contributed by atoms with Gasteiger partial charge in [0.15, 0.2) is 0 Å². The van der Waals surface area contributed by atoms with Gasteiger partial charge in [-0.2, -0.15) is 0 Å². The summed E-state index contributed by atoms with van der Waals surface area (Å²) in [6.07, 6.45) is 1.97. The maximum Gasteiger partial charge on any atom is 0.330 e. The Hall–Kier alpha value is -1.48. The smallest absolute Gasteiger partial charge is 0.277 e. The van der Waals surface area contributed by atoms with Crippen LogP contribution >= 0.6 is 0 Å². The molecule has 1 atom stereocenters. The van der Waals surface area contributed by atoms with E-state index in [9.17, 15) is 22.8 Å². The minimum Gasteiger partial charge on any atom is -0.277 e. The Morgan fingerprint density at radius 2 is 1.95 bits per heavy atom. The number of nitrogens with zero attached hydrogens (tertiary/aromatic N) is 1. The molecule has 0 saturated carbocycles. The van der Waals surface area contributed by atoms with E-state index in [1.165, 1.54) is 0 Å². The van der Waals surface area contributed by atoms with Crippen molar-refractivity contribution in [3.05, 3.63) is 0 Å². The second-order valence-electron chi connectivity index (χ2n) is 4.29. The number of carbonyl (C=O) groups is 3. The fourth-order valence-electron chi connectivity index (χ4n) is 1.76. The zero-order valence-electron chi connectivity index (χ0n) is 10.8. The van der Waals surface area contributed by atoms with E-state index in [1.807, 2.05) is 6.92 Å². The Kier molecular flexibility index (Phi) is 5.01.